The molecule has 0 aromatic heterocycles. The highest BCUT2D eigenvalue weighted by Gasteiger charge is 2.29. The predicted molar refractivity (Wildman–Crippen MR) is 52.2 cm³/mol. The van der Waals surface area contributed by atoms with Gasteiger partial charge in [0, 0.05) is 13.0 Å². The molecule has 0 aromatic carbocycles. The molecule has 0 heterocycles. The van der Waals surface area contributed by atoms with Gasteiger partial charge in [-0.05, 0) is 18.8 Å². The van der Waals surface area contributed by atoms with Crippen LogP contribution in [-0.4, -0.2) is 24.4 Å². The van der Waals surface area contributed by atoms with Crippen molar-refractivity contribution in [1.29, 1.82) is 0 Å². The summed E-state index contributed by atoms with van der Waals surface area (Å²) in [6, 6.07) is 0. The molecule has 80 valence electrons. The average molecular weight is 200 g/mol. The average Bonchev–Trinajstić information content (AvgIpc) is 2.07. The van der Waals surface area contributed by atoms with Crippen molar-refractivity contribution in [3.8, 4) is 0 Å². The summed E-state index contributed by atoms with van der Waals surface area (Å²) < 4.78 is 9.72. The topological polar surface area (TPSA) is 55.8 Å². The van der Waals surface area contributed by atoms with Gasteiger partial charge < -0.3 is 14.3 Å². The molecule has 0 spiro atoms. The molecule has 1 aliphatic rings. The van der Waals surface area contributed by atoms with Crippen molar-refractivity contribution in [2.24, 2.45) is 5.92 Å². The zero-order valence-electron chi connectivity index (χ0n) is 8.73. The summed E-state index contributed by atoms with van der Waals surface area (Å²) in [5.74, 6) is -0.102. The Bertz CT molecular complexity index is 197. The molecule has 1 aliphatic carbocycles. The first-order valence-corrected chi connectivity index (χ1v) is 5.10. The smallest absolute Gasteiger partial charge is 0.485 e. The van der Waals surface area contributed by atoms with E-state index in [0.717, 1.165) is 19.3 Å². The van der Waals surface area contributed by atoms with Gasteiger partial charge in [0.15, 0.2) is 0 Å². The second kappa shape index (κ2) is 5.36. The van der Waals surface area contributed by atoms with Gasteiger partial charge in [-0.15, -0.1) is 0 Å². The van der Waals surface area contributed by atoms with Crippen molar-refractivity contribution in [2.45, 2.75) is 45.6 Å². The molecule has 0 radical (unpaired) electrons. The summed E-state index contributed by atoms with van der Waals surface area (Å²) >= 11 is 0. The lowest BCUT2D eigenvalue weighted by atomic mass is 9.87. The van der Waals surface area contributed by atoms with Gasteiger partial charge in [-0.3, -0.25) is 4.79 Å². The third kappa shape index (κ3) is 3.68. The van der Waals surface area contributed by atoms with E-state index in [9.17, 15) is 9.82 Å². The lowest BCUT2D eigenvalue weighted by molar-refractivity contribution is -0.135. The first-order chi connectivity index (χ1) is 6.59. The fourth-order valence-corrected chi connectivity index (χ4v) is 1.80. The number of carbonyl (C=O) groups excluding carboxylic acids is 1. The Kier molecular flexibility index (Phi) is 4.42. The Balaban J connectivity index is 2.30. The Labute approximate surface area is 84.8 Å². The van der Waals surface area contributed by atoms with Crippen LogP contribution in [0.2, 0.25) is 0 Å². The van der Waals surface area contributed by atoms with Gasteiger partial charge in [0.25, 0.3) is 5.97 Å². The van der Waals surface area contributed by atoms with Gasteiger partial charge in [-0.25, -0.2) is 0 Å². The highest BCUT2D eigenvalue weighted by Crippen LogP contribution is 2.26. The first kappa shape index (κ1) is 11.5. The molecule has 0 bridgehead atoms. The van der Waals surface area contributed by atoms with E-state index in [1.807, 2.05) is 0 Å². The molecule has 0 aromatic rings. The number of carbonyl (C=O) groups is 1. The van der Waals surface area contributed by atoms with Crippen LogP contribution in [-0.2, 0) is 14.1 Å². The molecule has 14 heavy (non-hydrogen) atoms. The Morgan fingerprint density at radius 1 is 1.43 bits per heavy atom. The summed E-state index contributed by atoms with van der Waals surface area (Å²) in [4.78, 5) is 10.5. The monoisotopic (exact) mass is 200 g/mol. The largest absolute Gasteiger partial charge is 0.712 e. The van der Waals surface area contributed by atoms with Gasteiger partial charge in [0.05, 0.1) is 0 Å². The summed E-state index contributed by atoms with van der Waals surface area (Å²) in [5.41, 5.74) is 0. The van der Waals surface area contributed by atoms with Crippen molar-refractivity contribution in [3.63, 3.8) is 0 Å². The molecule has 0 amide bonds. The molecule has 2 atom stereocenters. The van der Waals surface area contributed by atoms with Crippen LogP contribution >= 0.6 is 0 Å². The van der Waals surface area contributed by atoms with E-state index >= 15 is 0 Å². The van der Waals surface area contributed by atoms with Gasteiger partial charge in [-0.2, -0.15) is 0 Å². The molecule has 4 nitrogen and oxygen atoms in total. The first-order valence-electron chi connectivity index (χ1n) is 5.10. The number of hydrogen-bond acceptors (Lipinski definition) is 4. The third-order valence-electron chi connectivity index (χ3n) is 2.59. The lowest BCUT2D eigenvalue weighted by Gasteiger charge is -2.29. The van der Waals surface area contributed by atoms with Crippen molar-refractivity contribution in [2.75, 3.05) is 0 Å². The van der Waals surface area contributed by atoms with Gasteiger partial charge >= 0.3 is 7.32 Å². The molecule has 5 heteroatoms. The molecular weight excluding hydrogens is 183 g/mol. The maximum atomic E-state index is 10.5. The highest BCUT2D eigenvalue weighted by molar-refractivity contribution is 6.37. The van der Waals surface area contributed by atoms with E-state index in [0.29, 0.717) is 5.92 Å². The lowest BCUT2D eigenvalue weighted by Crippen LogP contribution is -2.35. The minimum atomic E-state index is -1.40. The standard InChI is InChI=1S/C9H17BO4/c1-7-5-3-4-6-9(7)14-10(12)13-8(2)11/h7,9,12H,3-6H2,1-2H3. The number of rotatable bonds is 3. The summed E-state index contributed by atoms with van der Waals surface area (Å²) in [7, 11) is -1.40. The van der Waals surface area contributed by atoms with Crippen LogP contribution in [0.15, 0.2) is 0 Å². The fourth-order valence-electron chi connectivity index (χ4n) is 1.80. The summed E-state index contributed by atoms with van der Waals surface area (Å²) in [5, 5.41) is 9.22. The second-order valence-electron chi connectivity index (χ2n) is 3.85. The van der Waals surface area contributed by atoms with Crippen LogP contribution < -0.4 is 0 Å². The van der Waals surface area contributed by atoms with E-state index in [1.54, 1.807) is 0 Å². The van der Waals surface area contributed by atoms with E-state index in [4.69, 9.17) is 4.65 Å². The minimum Gasteiger partial charge on any atom is -0.485 e. The molecule has 0 aliphatic heterocycles. The van der Waals surface area contributed by atoms with E-state index in [2.05, 4.69) is 11.6 Å². The predicted octanol–water partition coefficient (Wildman–Crippen LogP) is 1.12. The third-order valence-corrected chi connectivity index (χ3v) is 2.59. The van der Waals surface area contributed by atoms with E-state index < -0.39 is 13.3 Å². The molecule has 2 unspecified atom stereocenters. The normalized spacial score (nSPS) is 27.1. The van der Waals surface area contributed by atoms with Crippen molar-refractivity contribution < 1.29 is 19.1 Å². The quantitative estimate of drug-likeness (QED) is 0.693. The van der Waals surface area contributed by atoms with Crippen molar-refractivity contribution in [1.82, 2.24) is 0 Å². The molecule has 1 fully saturated rings. The van der Waals surface area contributed by atoms with Gasteiger partial charge in [-0.1, -0.05) is 19.8 Å². The van der Waals surface area contributed by atoms with Crippen LogP contribution in [0.5, 0.6) is 0 Å². The Hall–Kier alpha value is -0.545. The van der Waals surface area contributed by atoms with Gasteiger partial charge in [0.2, 0.25) is 0 Å². The van der Waals surface area contributed by atoms with E-state index in [1.165, 1.54) is 13.3 Å². The summed E-state index contributed by atoms with van der Waals surface area (Å²) in [6.07, 6.45) is 4.38. The fraction of sp³-hybridized carbons (Fsp3) is 0.889. The maximum Gasteiger partial charge on any atom is 0.712 e. The van der Waals surface area contributed by atoms with Gasteiger partial charge in [0.1, 0.15) is 0 Å². The van der Waals surface area contributed by atoms with Crippen LogP contribution in [0.4, 0.5) is 0 Å². The number of hydrogen-bond donors (Lipinski definition) is 1. The maximum absolute atomic E-state index is 10.5. The SMILES string of the molecule is CC(=O)OB(O)OC1CCCCC1C. The molecule has 1 rings (SSSR count). The minimum absolute atomic E-state index is 0.0121. The molecule has 1 saturated carbocycles. The van der Waals surface area contributed by atoms with Crippen LogP contribution in [0.3, 0.4) is 0 Å². The highest BCUT2D eigenvalue weighted by atomic mass is 16.7. The van der Waals surface area contributed by atoms with Crippen LogP contribution in [0, 0.1) is 5.92 Å². The molecular formula is C9H17BO4. The Morgan fingerprint density at radius 2 is 2.07 bits per heavy atom. The molecule has 0 saturated heterocycles. The zero-order chi connectivity index (χ0) is 10.6. The van der Waals surface area contributed by atoms with Crippen LogP contribution in [0.1, 0.15) is 39.5 Å². The Morgan fingerprint density at radius 3 is 2.64 bits per heavy atom. The zero-order valence-corrected chi connectivity index (χ0v) is 8.73. The second-order valence-corrected chi connectivity index (χ2v) is 3.85. The van der Waals surface area contributed by atoms with Crippen molar-refractivity contribution >= 4 is 13.3 Å². The van der Waals surface area contributed by atoms with E-state index in [-0.39, 0.29) is 6.10 Å². The summed E-state index contributed by atoms with van der Waals surface area (Å²) in [6.45, 7) is 3.33. The molecule has 1 N–H and O–H groups in total. The van der Waals surface area contributed by atoms with Crippen molar-refractivity contribution in [3.05, 3.63) is 0 Å². The van der Waals surface area contributed by atoms with Crippen LogP contribution in [0.25, 0.3) is 0 Å².